The number of anilines is 1. The van der Waals surface area contributed by atoms with Gasteiger partial charge in [-0.3, -0.25) is 4.79 Å². The van der Waals surface area contributed by atoms with Crippen LogP contribution in [0.25, 0.3) is 11.0 Å². The molecule has 1 amide bonds. The second kappa shape index (κ2) is 4.95. The van der Waals surface area contributed by atoms with Gasteiger partial charge in [0.25, 0.3) is 5.91 Å². The van der Waals surface area contributed by atoms with Gasteiger partial charge in [0.2, 0.25) is 0 Å². The Morgan fingerprint density at radius 3 is 2.79 bits per heavy atom. The molecule has 19 heavy (non-hydrogen) atoms. The van der Waals surface area contributed by atoms with E-state index < -0.39 is 0 Å². The van der Waals surface area contributed by atoms with Gasteiger partial charge in [0.05, 0.1) is 11.7 Å². The summed E-state index contributed by atoms with van der Waals surface area (Å²) in [6.07, 6.45) is 0. The maximum Gasteiger partial charge on any atom is 0.255 e. The van der Waals surface area contributed by atoms with E-state index in [9.17, 15) is 4.79 Å². The van der Waals surface area contributed by atoms with Crippen LogP contribution in [0.1, 0.15) is 10.4 Å². The molecule has 4 nitrogen and oxygen atoms in total. The minimum Gasteiger partial charge on any atom is -0.322 e. The summed E-state index contributed by atoms with van der Waals surface area (Å²) in [5.74, 6) is -0.197. The van der Waals surface area contributed by atoms with Crippen LogP contribution in [0.3, 0.4) is 0 Å². The van der Waals surface area contributed by atoms with Crippen LogP contribution in [0.15, 0.2) is 42.5 Å². The van der Waals surface area contributed by atoms with Crippen LogP contribution in [0.2, 0.25) is 5.02 Å². The Bertz CT molecular complexity index is 756. The van der Waals surface area contributed by atoms with E-state index in [4.69, 9.17) is 11.6 Å². The maximum atomic E-state index is 12.1. The lowest BCUT2D eigenvalue weighted by Crippen LogP contribution is -2.11. The zero-order valence-corrected chi connectivity index (χ0v) is 11.2. The average molecular weight is 290 g/mol. The molecule has 0 aliphatic heterocycles. The number of carbonyl (C=O) groups is 1. The summed E-state index contributed by atoms with van der Waals surface area (Å²) in [6, 6.07) is 12.2. The van der Waals surface area contributed by atoms with Gasteiger partial charge in [-0.15, -0.1) is 0 Å². The number of halogens is 1. The summed E-state index contributed by atoms with van der Waals surface area (Å²) < 4.78 is 8.21. The Morgan fingerprint density at radius 2 is 1.95 bits per heavy atom. The van der Waals surface area contributed by atoms with Crippen molar-refractivity contribution in [3.8, 4) is 0 Å². The number of nitrogens with zero attached hydrogens (tertiary/aromatic N) is 2. The molecule has 0 aliphatic carbocycles. The van der Waals surface area contributed by atoms with Gasteiger partial charge in [0.1, 0.15) is 11.0 Å². The number of hydrogen-bond donors (Lipinski definition) is 1. The molecule has 1 N–H and O–H groups in total. The smallest absolute Gasteiger partial charge is 0.255 e. The van der Waals surface area contributed by atoms with E-state index in [-0.39, 0.29) is 5.91 Å². The number of hydrogen-bond acceptors (Lipinski definition) is 4. The van der Waals surface area contributed by atoms with Gasteiger partial charge in [-0.05, 0) is 36.4 Å². The van der Waals surface area contributed by atoms with Crippen LogP contribution in [0, 0.1) is 0 Å². The quantitative estimate of drug-likeness (QED) is 0.784. The molecule has 0 atom stereocenters. The van der Waals surface area contributed by atoms with Gasteiger partial charge >= 0.3 is 0 Å². The molecular formula is C13H8ClN3OS. The standard InChI is InChI=1S/C13H8ClN3OS/c14-9-2-1-3-10(7-9)15-13(18)8-4-5-11-12(6-8)17-19-16-11/h1-7H,(H,15,18). The van der Waals surface area contributed by atoms with Crippen LogP contribution >= 0.6 is 23.3 Å². The van der Waals surface area contributed by atoms with Gasteiger partial charge < -0.3 is 5.32 Å². The number of amides is 1. The largest absolute Gasteiger partial charge is 0.322 e. The maximum absolute atomic E-state index is 12.1. The highest BCUT2D eigenvalue weighted by Gasteiger charge is 2.08. The number of fused-ring (bicyclic) bond motifs is 1. The number of carbonyl (C=O) groups excluding carboxylic acids is 1. The first-order chi connectivity index (χ1) is 9.22. The number of aromatic nitrogens is 2. The molecule has 3 aromatic rings. The highest BCUT2D eigenvalue weighted by Crippen LogP contribution is 2.17. The van der Waals surface area contributed by atoms with E-state index in [2.05, 4.69) is 14.1 Å². The zero-order valence-electron chi connectivity index (χ0n) is 9.63. The van der Waals surface area contributed by atoms with E-state index in [1.807, 2.05) is 0 Å². The molecule has 6 heteroatoms. The molecule has 0 saturated carbocycles. The first kappa shape index (κ1) is 12.1. The molecule has 0 bridgehead atoms. The lowest BCUT2D eigenvalue weighted by Gasteiger charge is -2.05. The van der Waals surface area contributed by atoms with Crippen molar-refractivity contribution in [3.05, 3.63) is 53.1 Å². The zero-order chi connectivity index (χ0) is 13.2. The summed E-state index contributed by atoms with van der Waals surface area (Å²) in [4.78, 5) is 12.1. The third-order valence-electron chi connectivity index (χ3n) is 2.60. The highest BCUT2D eigenvalue weighted by atomic mass is 35.5. The number of nitrogens with one attached hydrogen (secondary N) is 1. The molecule has 0 radical (unpaired) electrons. The van der Waals surface area contributed by atoms with Crippen molar-refractivity contribution in [2.75, 3.05) is 5.32 Å². The first-order valence-electron chi connectivity index (χ1n) is 5.51. The molecule has 94 valence electrons. The van der Waals surface area contributed by atoms with Gasteiger partial charge in [0.15, 0.2) is 0 Å². The Balaban J connectivity index is 1.87. The fourth-order valence-electron chi connectivity index (χ4n) is 1.69. The topological polar surface area (TPSA) is 54.9 Å². The summed E-state index contributed by atoms with van der Waals surface area (Å²) in [5, 5.41) is 3.37. The van der Waals surface area contributed by atoms with Crippen molar-refractivity contribution >= 4 is 46.0 Å². The van der Waals surface area contributed by atoms with E-state index >= 15 is 0 Å². The van der Waals surface area contributed by atoms with E-state index in [0.717, 1.165) is 22.8 Å². The third kappa shape index (κ3) is 2.57. The normalized spacial score (nSPS) is 10.6. The monoisotopic (exact) mass is 289 g/mol. The van der Waals surface area contributed by atoms with Crippen molar-refractivity contribution in [2.24, 2.45) is 0 Å². The molecule has 1 aromatic heterocycles. The molecule has 2 aromatic carbocycles. The lowest BCUT2D eigenvalue weighted by molar-refractivity contribution is 0.102. The SMILES string of the molecule is O=C(Nc1cccc(Cl)c1)c1ccc2nsnc2c1. The fraction of sp³-hybridized carbons (Fsp3) is 0. The lowest BCUT2D eigenvalue weighted by atomic mass is 10.2. The van der Waals surface area contributed by atoms with Crippen molar-refractivity contribution in [3.63, 3.8) is 0 Å². The highest BCUT2D eigenvalue weighted by molar-refractivity contribution is 7.00. The molecule has 0 spiro atoms. The van der Waals surface area contributed by atoms with E-state index in [1.54, 1.807) is 42.5 Å². The van der Waals surface area contributed by atoms with Gasteiger partial charge in [-0.1, -0.05) is 17.7 Å². The van der Waals surface area contributed by atoms with Crippen LogP contribution < -0.4 is 5.32 Å². The fourth-order valence-corrected chi connectivity index (χ4v) is 2.40. The van der Waals surface area contributed by atoms with Crippen LogP contribution in [0.5, 0.6) is 0 Å². The molecule has 0 aliphatic rings. The van der Waals surface area contributed by atoms with Gasteiger partial charge in [-0.2, -0.15) is 8.75 Å². The van der Waals surface area contributed by atoms with Gasteiger partial charge in [0, 0.05) is 16.3 Å². The Labute approximate surface area is 118 Å². The third-order valence-corrected chi connectivity index (χ3v) is 3.39. The summed E-state index contributed by atoms with van der Waals surface area (Å²) in [6.45, 7) is 0. The van der Waals surface area contributed by atoms with Crippen molar-refractivity contribution in [2.45, 2.75) is 0 Å². The van der Waals surface area contributed by atoms with Crippen molar-refractivity contribution in [1.29, 1.82) is 0 Å². The molecule has 0 unspecified atom stereocenters. The summed E-state index contributed by atoms with van der Waals surface area (Å²) in [5.41, 5.74) is 2.72. The summed E-state index contributed by atoms with van der Waals surface area (Å²) in [7, 11) is 0. The molecule has 0 saturated heterocycles. The predicted octanol–water partition coefficient (Wildman–Crippen LogP) is 3.60. The Kier molecular flexibility index (Phi) is 3.15. The molecular weight excluding hydrogens is 282 g/mol. The molecule has 0 fully saturated rings. The second-order valence-electron chi connectivity index (χ2n) is 3.93. The van der Waals surface area contributed by atoms with E-state index in [1.165, 1.54) is 0 Å². The van der Waals surface area contributed by atoms with Crippen LogP contribution in [0.4, 0.5) is 5.69 Å². The van der Waals surface area contributed by atoms with Crippen molar-refractivity contribution < 1.29 is 4.79 Å². The molecule has 3 rings (SSSR count). The Hall–Kier alpha value is -1.98. The minimum atomic E-state index is -0.197. The first-order valence-corrected chi connectivity index (χ1v) is 6.62. The van der Waals surface area contributed by atoms with Crippen molar-refractivity contribution in [1.82, 2.24) is 8.75 Å². The minimum absolute atomic E-state index is 0.197. The second-order valence-corrected chi connectivity index (χ2v) is 4.90. The van der Waals surface area contributed by atoms with E-state index in [0.29, 0.717) is 16.3 Å². The van der Waals surface area contributed by atoms with Crippen LogP contribution in [-0.4, -0.2) is 14.7 Å². The number of rotatable bonds is 2. The predicted molar refractivity (Wildman–Crippen MR) is 76.8 cm³/mol. The molecule has 1 heterocycles. The summed E-state index contributed by atoms with van der Waals surface area (Å²) >= 11 is 7.00. The number of benzene rings is 2. The average Bonchev–Trinajstić information content (AvgIpc) is 2.85. The van der Waals surface area contributed by atoms with Gasteiger partial charge in [-0.25, -0.2) is 0 Å². The Morgan fingerprint density at radius 1 is 1.11 bits per heavy atom. The van der Waals surface area contributed by atoms with Crippen LogP contribution in [-0.2, 0) is 0 Å².